The number of carbonyl (C=O) groups excluding carboxylic acids is 2. The number of amides is 2. The van der Waals surface area contributed by atoms with E-state index in [9.17, 15) is 29.1 Å². The molecule has 0 aromatic carbocycles. The summed E-state index contributed by atoms with van der Waals surface area (Å²) in [5.74, 6) is -5.72. The molecule has 200 valence electrons. The van der Waals surface area contributed by atoms with E-state index in [2.05, 4.69) is 25.4 Å². The maximum atomic E-state index is 12.9. The van der Waals surface area contributed by atoms with Gasteiger partial charge in [-0.25, -0.2) is 24.4 Å². The van der Waals surface area contributed by atoms with Gasteiger partial charge in [-0.3, -0.25) is 14.5 Å². The van der Waals surface area contributed by atoms with Gasteiger partial charge >= 0.3 is 17.9 Å². The Morgan fingerprint density at radius 1 is 1.26 bits per heavy atom. The Kier molecular flexibility index (Phi) is 7.60. The number of imidazole rings is 1. The summed E-state index contributed by atoms with van der Waals surface area (Å²) in [6.45, 7) is 0. The number of β-lactam (4-membered cyclic amide) rings is 1. The fourth-order valence-corrected chi connectivity index (χ4v) is 6.48. The van der Waals surface area contributed by atoms with Gasteiger partial charge in [0.05, 0.1) is 0 Å². The Balaban J connectivity index is 1.50. The molecular weight excluding hydrogens is 566 g/mol. The molecule has 4 rings (SSSR count). The fourth-order valence-electron chi connectivity index (χ4n) is 3.58. The third-order valence-electron chi connectivity index (χ3n) is 5.18. The lowest BCUT2D eigenvalue weighted by Gasteiger charge is -2.49. The number of carbonyl (C=O) groups is 5. The van der Waals surface area contributed by atoms with Gasteiger partial charge in [-0.2, -0.15) is 0 Å². The van der Waals surface area contributed by atoms with Crippen LogP contribution in [0, 0.1) is 0 Å². The molecule has 1 saturated heterocycles. The van der Waals surface area contributed by atoms with Crippen LogP contribution in [0.4, 0.5) is 5.13 Å². The number of anilines is 1. The summed E-state index contributed by atoms with van der Waals surface area (Å²) in [6.07, 6.45) is 0. The standard InChI is InChI=1S/C19H17N7O9S3/c1-35-25-7(6-4-37-18(20)21-6)12(27)22-10-13(28)26-11(17(33)34)5(2-36-14(10)26)3-38-19-23-8(15(29)30)9(24-19)16(31)32/h4,10,14H,2-3H2,1H3,(H2,20,21)(H,22,27)(H,23,24)(H,29,30)(H,31,32)(H,33,34)/t10?,14-/m1/s1. The van der Waals surface area contributed by atoms with E-state index in [0.29, 0.717) is 5.57 Å². The summed E-state index contributed by atoms with van der Waals surface area (Å²) in [5, 5.41) is 35.2. The van der Waals surface area contributed by atoms with Gasteiger partial charge in [-0.15, -0.1) is 23.1 Å². The second-order valence-electron chi connectivity index (χ2n) is 7.48. The first-order valence-corrected chi connectivity index (χ1v) is 13.2. The maximum Gasteiger partial charge on any atom is 0.357 e. The molecule has 0 aliphatic carbocycles. The predicted molar refractivity (Wildman–Crippen MR) is 133 cm³/mol. The van der Waals surface area contributed by atoms with Crippen LogP contribution in [0.25, 0.3) is 0 Å². The van der Waals surface area contributed by atoms with Crippen molar-refractivity contribution in [3.63, 3.8) is 0 Å². The maximum absolute atomic E-state index is 12.9. The molecule has 0 radical (unpaired) electrons. The van der Waals surface area contributed by atoms with Crippen LogP contribution in [0.5, 0.6) is 0 Å². The zero-order valence-electron chi connectivity index (χ0n) is 19.0. The number of nitrogens with one attached hydrogen (secondary N) is 2. The molecule has 2 aromatic heterocycles. The summed E-state index contributed by atoms with van der Waals surface area (Å²) in [7, 11) is 1.23. The highest BCUT2D eigenvalue weighted by molar-refractivity contribution is 8.01. The second kappa shape index (κ2) is 10.7. The minimum absolute atomic E-state index is 0.0241. The summed E-state index contributed by atoms with van der Waals surface area (Å²) < 4.78 is 0. The number of carboxylic acid groups (broad SMARTS) is 3. The van der Waals surface area contributed by atoms with Crippen molar-refractivity contribution < 1.29 is 44.1 Å². The van der Waals surface area contributed by atoms with E-state index in [-0.39, 0.29) is 38.9 Å². The topological polar surface area (TPSA) is 250 Å². The molecule has 19 heteroatoms. The number of hydrogen-bond donors (Lipinski definition) is 6. The third-order valence-corrected chi connectivity index (χ3v) is 8.15. The molecule has 0 spiro atoms. The zero-order valence-corrected chi connectivity index (χ0v) is 21.5. The van der Waals surface area contributed by atoms with Gasteiger partial charge in [0, 0.05) is 16.9 Å². The Morgan fingerprint density at radius 2 is 2.00 bits per heavy atom. The van der Waals surface area contributed by atoms with Crippen molar-refractivity contribution in [1.82, 2.24) is 25.2 Å². The number of nitrogens with two attached hydrogens (primary N) is 1. The highest BCUT2D eigenvalue weighted by Gasteiger charge is 2.54. The molecule has 1 fully saturated rings. The van der Waals surface area contributed by atoms with Crippen LogP contribution in [0.1, 0.15) is 26.7 Å². The normalized spacial score (nSPS) is 19.0. The summed E-state index contributed by atoms with van der Waals surface area (Å²) in [4.78, 5) is 76.2. The molecule has 0 bridgehead atoms. The average molecular weight is 584 g/mol. The Labute approximate surface area is 224 Å². The van der Waals surface area contributed by atoms with E-state index < -0.39 is 52.5 Å². The number of hydrogen-bond acceptors (Lipinski definition) is 13. The SMILES string of the molecule is CON=C(C(=O)NC1C(=O)N2C(C(=O)O)=C(CSc3nc(C(=O)O)c(C(=O)O)[nH]3)CS[C@H]12)c1csc(N)n1. The number of aromatic amines is 1. The van der Waals surface area contributed by atoms with E-state index in [1.54, 1.807) is 0 Å². The molecule has 7 N–H and O–H groups in total. The molecule has 4 heterocycles. The molecule has 2 aliphatic rings. The van der Waals surface area contributed by atoms with Crippen molar-refractivity contribution in [3.8, 4) is 0 Å². The lowest BCUT2D eigenvalue weighted by molar-refractivity contribution is -0.150. The summed E-state index contributed by atoms with van der Waals surface area (Å²) in [6, 6.07) is -1.05. The quantitative estimate of drug-likeness (QED) is 0.0911. The largest absolute Gasteiger partial charge is 0.477 e. The Morgan fingerprint density at radius 3 is 2.55 bits per heavy atom. The number of carboxylic acids is 3. The number of thioether (sulfide) groups is 2. The van der Waals surface area contributed by atoms with Crippen molar-refractivity contribution in [2.45, 2.75) is 16.6 Å². The molecule has 2 amide bonds. The number of fused-ring (bicyclic) bond motifs is 1. The minimum atomic E-state index is -1.54. The second-order valence-corrected chi connectivity index (χ2v) is 10.4. The van der Waals surface area contributed by atoms with Crippen molar-refractivity contribution in [3.05, 3.63) is 33.7 Å². The van der Waals surface area contributed by atoms with E-state index >= 15 is 0 Å². The molecule has 2 aromatic rings. The van der Waals surface area contributed by atoms with Crippen LogP contribution in [0.3, 0.4) is 0 Å². The number of nitrogen functional groups attached to an aromatic ring is 1. The lowest BCUT2D eigenvalue weighted by atomic mass is 10.0. The number of aromatic carboxylic acids is 2. The number of oxime groups is 1. The molecule has 38 heavy (non-hydrogen) atoms. The molecular formula is C19H17N7O9S3. The molecule has 2 aliphatic heterocycles. The van der Waals surface area contributed by atoms with Gasteiger partial charge in [0.15, 0.2) is 27.4 Å². The minimum Gasteiger partial charge on any atom is -0.477 e. The van der Waals surface area contributed by atoms with Crippen LogP contribution >= 0.6 is 34.9 Å². The average Bonchev–Trinajstić information content (AvgIpc) is 3.50. The monoisotopic (exact) mass is 583 g/mol. The first kappa shape index (κ1) is 26.9. The molecule has 16 nitrogen and oxygen atoms in total. The van der Waals surface area contributed by atoms with Crippen molar-refractivity contribution in [1.29, 1.82) is 0 Å². The number of aliphatic carboxylic acids is 1. The van der Waals surface area contributed by atoms with Crippen molar-refractivity contribution in [2.24, 2.45) is 5.16 Å². The number of rotatable bonds is 10. The van der Waals surface area contributed by atoms with Gasteiger partial charge in [0.1, 0.15) is 29.9 Å². The van der Waals surface area contributed by atoms with E-state index in [0.717, 1.165) is 28.0 Å². The van der Waals surface area contributed by atoms with E-state index in [1.807, 2.05) is 0 Å². The highest BCUT2D eigenvalue weighted by atomic mass is 32.2. The summed E-state index contributed by atoms with van der Waals surface area (Å²) >= 11 is 3.17. The number of nitrogens with zero attached hydrogens (tertiary/aromatic N) is 4. The Hall–Kier alpha value is -4.10. The Bertz CT molecular complexity index is 1380. The predicted octanol–water partition coefficient (Wildman–Crippen LogP) is -0.274. The number of H-pyrrole nitrogens is 1. The fraction of sp³-hybridized carbons (Fsp3) is 0.263. The van der Waals surface area contributed by atoms with Gasteiger partial charge in [0.2, 0.25) is 0 Å². The number of aromatic nitrogens is 3. The summed E-state index contributed by atoms with van der Waals surface area (Å²) in [5.41, 5.74) is 4.30. The van der Waals surface area contributed by atoms with Crippen molar-refractivity contribution >= 4 is 75.4 Å². The van der Waals surface area contributed by atoms with E-state index in [1.165, 1.54) is 24.3 Å². The van der Waals surface area contributed by atoms with Crippen LogP contribution in [0.2, 0.25) is 0 Å². The van der Waals surface area contributed by atoms with Crippen molar-refractivity contribution in [2.75, 3.05) is 24.3 Å². The smallest absolute Gasteiger partial charge is 0.357 e. The van der Waals surface area contributed by atoms with Gasteiger partial charge in [-0.05, 0) is 5.57 Å². The van der Waals surface area contributed by atoms with E-state index in [4.69, 9.17) is 20.8 Å². The van der Waals surface area contributed by atoms with Gasteiger partial charge in [0.25, 0.3) is 11.8 Å². The molecule has 1 unspecified atom stereocenters. The van der Waals surface area contributed by atoms with Gasteiger partial charge < -0.3 is 36.2 Å². The first-order chi connectivity index (χ1) is 18.0. The third kappa shape index (κ3) is 5.02. The van der Waals surface area contributed by atoms with Crippen LogP contribution in [-0.2, 0) is 19.2 Å². The lowest BCUT2D eigenvalue weighted by Crippen LogP contribution is -2.71. The molecule has 0 saturated carbocycles. The molecule has 2 atom stereocenters. The highest BCUT2D eigenvalue weighted by Crippen LogP contribution is 2.41. The zero-order chi connectivity index (χ0) is 27.7. The first-order valence-electron chi connectivity index (χ1n) is 10.3. The number of thiazole rings is 1. The van der Waals surface area contributed by atoms with Crippen LogP contribution in [0.15, 0.2) is 27.0 Å². The van der Waals surface area contributed by atoms with Crippen LogP contribution < -0.4 is 11.1 Å². The van der Waals surface area contributed by atoms with Crippen LogP contribution in [-0.4, -0.2) is 101 Å². The van der Waals surface area contributed by atoms with Gasteiger partial charge in [-0.1, -0.05) is 16.9 Å².